The lowest BCUT2D eigenvalue weighted by atomic mass is 9.69. The van der Waals surface area contributed by atoms with Crippen LogP contribution in [-0.2, 0) is 4.79 Å². The summed E-state index contributed by atoms with van der Waals surface area (Å²) in [7, 11) is 0. The molecule has 4 nitrogen and oxygen atoms in total. The first kappa shape index (κ1) is 23.8. The van der Waals surface area contributed by atoms with Crippen LogP contribution in [0.25, 0.3) is 0 Å². The molecular weight excluding hydrogens is 396 g/mol. The van der Waals surface area contributed by atoms with Gasteiger partial charge < -0.3 is 10.0 Å². The summed E-state index contributed by atoms with van der Waals surface area (Å²) < 4.78 is 0. The Kier molecular flexibility index (Phi) is 7.31. The predicted molar refractivity (Wildman–Crippen MR) is 131 cm³/mol. The zero-order valence-corrected chi connectivity index (χ0v) is 20.6. The van der Waals surface area contributed by atoms with Gasteiger partial charge in [0, 0.05) is 37.5 Å². The number of β-amino-alcohol motifs (C(OH)–C–C–N with tert-alkyl or cyclic N) is 1. The number of rotatable bonds is 6. The lowest BCUT2D eigenvalue weighted by Crippen LogP contribution is -2.62. The van der Waals surface area contributed by atoms with Gasteiger partial charge in [0.05, 0.1) is 5.60 Å². The van der Waals surface area contributed by atoms with Gasteiger partial charge in [-0.1, -0.05) is 83.2 Å². The van der Waals surface area contributed by atoms with Crippen molar-refractivity contribution in [1.82, 2.24) is 9.80 Å². The molecular formula is C28H44N2O2. The molecule has 3 fully saturated rings. The zero-order valence-electron chi connectivity index (χ0n) is 20.6. The van der Waals surface area contributed by atoms with E-state index >= 15 is 0 Å². The van der Waals surface area contributed by atoms with Crippen molar-refractivity contribution in [3.63, 3.8) is 0 Å². The Hall–Kier alpha value is -1.39. The summed E-state index contributed by atoms with van der Waals surface area (Å²) in [6.07, 6.45) is 9.48. The maximum atomic E-state index is 13.2. The van der Waals surface area contributed by atoms with E-state index in [0.29, 0.717) is 37.9 Å². The van der Waals surface area contributed by atoms with Crippen molar-refractivity contribution in [2.75, 3.05) is 32.7 Å². The van der Waals surface area contributed by atoms with E-state index in [9.17, 15) is 9.90 Å². The maximum Gasteiger partial charge on any atom is 0.225 e. The topological polar surface area (TPSA) is 43.8 Å². The molecule has 1 N–H and O–H groups in total. The number of aliphatic hydroxyl groups is 1. The predicted octanol–water partition coefficient (Wildman–Crippen LogP) is 5.07. The summed E-state index contributed by atoms with van der Waals surface area (Å²) in [5.74, 6) is 1.69. The number of hydrogen-bond donors (Lipinski definition) is 1. The summed E-state index contributed by atoms with van der Waals surface area (Å²) in [6, 6.07) is 10.8. The third-order valence-electron chi connectivity index (χ3n) is 8.81. The monoisotopic (exact) mass is 440 g/mol. The first-order chi connectivity index (χ1) is 15.3. The van der Waals surface area contributed by atoms with E-state index in [1.807, 2.05) is 0 Å². The van der Waals surface area contributed by atoms with Crippen molar-refractivity contribution >= 4 is 5.91 Å². The number of amides is 1. The summed E-state index contributed by atoms with van der Waals surface area (Å²) >= 11 is 0. The number of benzene rings is 1. The first-order valence-corrected chi connectivity index (χ1v) is 13.1. The highest BCUT2D eigenvalue weighted by molar-refractivity contribution is 5.78. The average molecular weight is 441 g/mol. The lowest BCUT2D eigenvalue weighted by molar-refractivity contribution is -0.157. The van der Waals surface area contributed by atoms with Gasteiger partial charge in [-0.15, -0.1) is 0 Å². The minimum Gasteiger partial charge on any atom is -0.388 e. The van der Waals surface area contributed by atoms with Gasteiger partial charge in [0.25, 0.3) is 0 Å². The van der Waals surface area contributed by atoms with E-state index in [1.54, 1.807) is 0 Å². The summed E-state index contributed by atoms with van der Waals surface area (Å²) in [4.78, 5) is 17.8. The van der Waals surface area contributed by atoms with Crippen LogP contribution >= 0.6 is 0 Å². The smallest absolute Gasteiger partial charge is 0.225 e. The van der Waals surface area contributed by atoms with Crippen LogP contribution in [-0.4, -0.2) is 59.1 Å². The fourth-order valence-electron chi connectivity index (χ4n) is 6.52. The molecule has 2 saturated heterocycles. The van der Waals surface area contributed by atoms with E-state index in [1.165, 1.54) is 37.7 Å². The number of hydrogen-bond acceptors (Lipinski definition) is 3. The molecule has 2 heterocycles. The van der Waals surface area contributed by atoms with Gasteiger partial charge >= 0.3 is 0 Å². The van der Waals surface area contributed by atoms with Crippen LogP contribution in [0.4, 0.5) is 0 Å². The van der Waals surface area contributed by atoms with E-state index in [4.69, 9.17) is 0 Å². The second-order valence-corrected chi connectivity index (χ2v) is 11.7. The third-order valence-corrected chi connectivity index (χ3v) is 8.81. The molecule has 1 aromatic rings. The number of piperidine rings is 1. The molecule has 4 heteroatoms. The zero-order chi connectivity index (χ0) is 22.8. The molecule has 32 heavy (non-hydrogen) atoms. The molecule has 1 unspecified atom stereocenters. The van der Waals surface area contributed by atoms with Crippen LogP contribution in [0.1, 0.15) is 83.6 Å². The highest BCUT2D eigenvalue weighted by atomic mass is 16.3. The van der Waals surface area contributed by atoms with E-state index in [2.05, 4.69) is 60.9 Å². The highest BCUT2D eigenvalue weighted by Crippen LogP contribution is 2.41. The van der Waals surface area contributed by atoms with E-state index in [0.717, 1.165) is 31.8 Å². The molecule has 1 amide bonds. The Morgan fingerprint density at radius 3 is 2.50 bits per heavy atom. The van der Waals surface area contributed by atoms with Gasteiger partial charge in [-0.05, 0) is 43.2 Å². The number of likely N-dealkylation sites (tertiary alicyclic amines) is 2. The van der Waals surface area contributed by atoms with Crippen molar-refractivity contribution in [2.45, 2.75) is 83.7 Å². The SMILES string of the molecule is C[C@H](CC1CCCCC1)C(=O)N1CCC(O)(CN2CC[C@@H](c3ccccc3)C2)C(C)(C)C1. The average Bonchev–Trinajstić information content (AvgIpc) is 3.25. The second kappa shape index (κ2) is 9.85. The van der Waals surface area contributed by atoms with E-state index in [-0.39, 0.29) is 11.3 Å². The largest absolute Gasteiger partial charge is 0.388 e. The maximum absolute atomic E-state index is 13.2. The summed E-state index contributed by atoms with van der Waals surface area (Å²) in [5.41, 5.74) is 0.353. The normalized spacial score (nSPS) is 30.4. The molecule has 178 valence electrons. The first-order valence-electron chi connectivity index (χ1n) is 13.1. The van der Waals surface area contributed by atoms with Crippen LogP contribution < -0.4 is 0 Å². The molecule has 1 aromatic carbocycles. The number of nitrogens with zero attached hydrogens (tertiary/aromatic N) is 2. The van der Waals surface area contributed by atoms with Gasteiger partial charge in [-0.3, -0.25) is 9.69 Å². The molecule has 2 aliphatic heterocycles. The Bertz CT molecular complexity index is 758. The van der Waals surface area contributed by atoms with Gasteiger partial charge in [0.1, 0.15) is 0 Å². The Morgan fingerprint density at radius 2 is 1.81 bits per heavy atom. The fraction of sp³-hybridized carbons (Fsp3) is 0.750. The summed E-state index contributed by atoms with van der Waals surface area (Å²) in [5, 5.41) is 11.7. The van der Waals surface area contributed by atoms with Gasteiger partial charge in [0.15, 0.2) is 0 Å². The van der Waals surface area contributed by atoms with Gasteiger partial charge in [-0.2, -0.15) is 0 Å². The fourth-order valence-corrected chi connectivity index (χ4v) is 6.52. The number of carbonyl (C=O) groups is 1. The minimum atomic E-state index is -0.748. The Morgan fingerprint density at radius 1 is 1.09 bits per heavy atom. The minimum absolute atomic E-state index is 0.102. The number of carbonyl (C=O) groups excluding carboxylic acids is 1. The molecule has 3 atom stereocenters. The van der Waals surface area contributed by atoms with Gasteiger partial charge in [-0.25, -0.2) is 0 Å². The second-order valence-electron chi connectivity index (χ2n) is 11.7. The van der Waals surface area contributed by atoms with Crippen molar-refractivity contribution in [3.8, 4) is 0 Å². The van der Waals surface area contributed by atoms with Crippen LogP contribution in [0, 0.1) is 17.3 Å². The van der Waals surface area contributed by atoms with Crippen molar-refractivity contribution < 1.29 is 9.90 Å². The lowest BCUT2D eigenvalue weighted by Gasteiger charge is -2.52. The van der Waals surface area contributed by atoms with Crippen LogP contribution in [0.5, 0.6) is 0 Å². The van der Waals surface area contributed by atoms with Crippen LogP contribution in [0.3, 0.4) is 0 Å². The van der Waals surface area contributed by atoms with Crippen LogP contribution in [0.15, 0.2) is 30.3 Å². The Balaban J connectivity index is 1.32. The molecule has 1 saturated carbocycles. The third kappa shape index (κ3) is 5.22. The summed E-state index contributed by atoms with van der Waals surface area (Å²) in [6.45, 7) is 10.5. The highest BCUT2D eigenvalue weighted by Gasteiger charge is 2.50. The molecule has 0 radical (unpaired) electrons. The molecule has 3 aliphatic rings. The standard InChI is InChI=1S/C28H44N2O2/c1-22(18-23-10-6-4-7-11-23)26(31)30-17-15-28(32,27(2,3)20-30)21-29-16-14-25(19-29)24-12-8-5-9-13-24/h5,8-9,12-13,22-23,25,32H,4,6-7,10-11,14-21H2,1-3H3/t22-,25-,28?/m1/s1. The molecule has 1 aliphatic carbocycles. The van der Waals surface area contributed by atoms with E-state index < -0.39 is 5.60 Å². The van der Waals surface area contributed by atoms with Crippen molar-refractivity contribution in [2.24, 2.45) is 17.3 Å². The van der Waals surface area contributed by atoms with Crippen molar-refractivity contribution in [1.29, 1.82) is 0 Å². The van der Waals surface area contributed by atoms with Crippen LogP contribution in [0.2, 0.25) is 0 Å². The Labute approximate surface area is 195 Å². The molecule has 0 aromatic heterocycles. The quantitative estimate of drug-likeness (QED) is 0.671. The molecule has 0 spiro atoms. The molecule has 0 bridgehead atoms. The van der Waals surface area contributed by atoms with Crippen molar-refractivity contribution in [3.05, 3.63) is 35.9 Å². The van der Waals surface area contributed by atoms with Gasteiger partial charge in [0.2, 0.25) is 5.91 Å². The molecule has 4 rings (SSSR count).